The topological polar surface area (TPSA) is 12.0 Å². The maximum absolute atomic E-state index is 3.75. The van der Waals surface area contributed by atoms with Crippen LogP contribution in [0.4, 0.5) is 5.69 Å². The van der Waals surface area contributed by atoms with Crippen molar-refractivity contribution in [1.82, 2.24) is 0 Å². The maximum Gasteiger partial charge on any atom is 0.0342 e. The van der Waals surface area contributed by atoms with Crippen molar-refractivity contribution in [3.05, 3.63) is 29.8 Å². The van der Waals surface area contributed by atoms with Crippen LogP contribution in [0.5, 0.6) is 0 Å². The van der Waals surface area contributed by atoms with Crippen LogP contribution in [-0.4, -0.2) is 6.04 Å². The van der Waals surface area contributed by atoms with Crippen LogP contribution in [0.15, 0.2) is 24.3 Å². The first kappa shape index (κ1) is 16.4. The molecule has 1 aromatic rings. The number of unbranched alkanes of at least 4 members (excludes halogenated alkanes) is 2. The van der Waals surface area contributed by atoms with E-state index in [0.717, 1.165) is 0 Å². The van der Waals surface area contributed by atoms with Crippen molar-refractivity contribution in [3.8, 4) is 0 Å². The van der Waals surface area contributed by atoms with E-state index in [9.17, 15) is 0 Å². The van der Waals surface area contributed by atoms with E-state index in [2.05, 4.69) is 50.4 Å². The highest BCUT2D eigenvalue weighted by molar-refractivity contribution is 5.45. The van der Waals surface area contributed by atoms with Crippen LogP contribution in [0.3, 0.4) is 0 Å². The molecule has 1 aliphatic carbocycles. The summed E-state index contributed by atoms with van der Waals surface area (Å²) in [6.45, 7) is 7.10. The highest BCUT2D eigenvalue weighted by Crippen LogP contribution is 2.34. The van der Waals surface area contributed by atoms with Crippen LogP contribution >= 0.6 is 0 Å². The van der Waals surface area contributed by atoms with Gasteiger partial charge in [-0.15, -0.1) is 0 Å². The molecule has 1 aliphatic rings. The van der Waals surface area contributed by atoms with E-state index in [1.54, 1.807) is 0 Å². The largest absolute Gasteiger partial charge is 0.382 e. The van der Waals surface area contributed by atoms with E-state index in [1.807, 2.05) is 0 Å². The number of aryl methyl sites for hydroxylation is 1. The Morgan fingerprint density at radius 2 is 1.81 bits per heavy atom. The van der Waals surface area contributed by atoms with Crippen molar-refractivity contribution in [1.29, 1.82) is 0 Å². The lowest BCUT2D eigenvalue weighted by atomic mass is 9.85. The fourth-order valence-electron chi connectivity index (χ4n) is 3.39. The predicted octanol–water partition coefficient (Wildman–Crippen LogP) is 6.19. The number of benzene rings is 1. The van der Waals surface area contributed by atoms with Crippen LogP contribution in [0, 0.1) is 5.41 Å². The van der Waals surface area contributed by atoms with Gasteiger partial charge in [0.2, 0.25) is 0 Å². The summed E-state index contributed by atoms with van der Waals surface area (Å²) in [5.41, 5.74) is 3.33. The van der Waals surface area contributed by atoms with Gasteiger partial charge >= 0.3 is 0 Å². The summed E-state index contributed by atoms with van der Waals surface area (Å²) in [6.07, 6.45) is 11.9. The lowest BCUT2D eigenvalue weighted by Crippen LogP contribution is -2.19. The highest BCUT2D eigenvalue weighted by Gasteiger charge is 2.24. The van der Waals surface area contributed by atoms with E-state index >= 15 is 0 Å². The van der Waals surface area contributed by atoms with Gasteiger partial charge in [-0.3, -0.25) is 0 Å². The lowest BCUT2D eigenvalue weighted by molar-refractivity contribution is 0.313. The van der Waals surface area contributed by atoms with Gasteiger partial charge in [0.1, 0.15) is 0 Å². The van der Waals surface area contributed by atoms with E-state index < -0.39 is 0 Å². The molecule has 0 aliphatic heterocycles. The molecule has 0 amide bonds. The van der Waals surface area contributed by atoms with E-state index in [1.165, 1.54) is 69.0 Å². The first-order chi connectivity index (χ1) is 10.1. The van der Waals surface area contributed by atoms with Crippen molar-refractivity contribution < 1.29 is 0 Å². The second-order valence-corrected chi connectivity index (χ2v) is 7.59. The van der Waals surface area contributed by atoms with Crippen molar-refractivity contribution >= 4 is 5.69 Å². The summed E-state index contributed by atoms with van der Waals surface area (Å²) < 4.78 is 0. The molecule has 1 atom stereocenters. The third-order valence-corrected chi connectivity index (χ3v) is 4.97. The average molecular weight is 287 g/mol. The average Bonchev–Trinajstić information content (AvgIpc) is 2.62. The minimum absolute atomic E-state index is 0.541. The molecule has 1 nitrogen and oxygen atoms in total. The van der Waals surface area contributed by atoms with Crippen LogP contribution in [0.25, 0.3) is 0 Å². The smallest absolute Gasteiger partial charge is 0.0342 e. The Hall–Kier alpha value is -0.980. The van der Waals surface area contributed by atoms with Gasteiger partial charge < -0.3 is 5.32 Å². The lowest BCUT2D eigenvalue weighted by Gasteiger charge is -2.22. The maximum atomic E-state index is 3.75. The zero-order valence-electron chi connectivity index (χ0n) is 14.3. The first-order valence-corrected chi connectivity index (χ1v) is 8.94. The summed E-state index contributed by atoms with van der Waals surface area (Å²) in [5.74, 6) is 0. The van der Waals surface area contributed by atoms with E-state index in [-0.39, 0.29) is 0 Å². The normalized spacial score (nSPS) is 21.8. The molecule has 1 aromatic carbocycles. The van der Waals surface area contributed by atoms with Crippen molar-refractivity contribution in [3.63, 3.8) is 0 Å². The molecule has 0 saturated heterocycles. The summed E-state index contributed by atoms with van der Waals surface area (Å²) in [7, 11) is 0. The second-order valence-electron chi connectivity index (χ2n) is 7.59. The van der Waals surface area contributed by atoms with Gasteiger partial charge in [-0.1, -0.05) is 52.2 Å². The van der Waals surface area contributed by atoms with Gasteiger partial charge in [0.15, 0.2) is 0 Å². The minimum atomic E-state index is 0.541. The number of anilines is 1. The quantitative estimate of drug-likeness (QED) is 0.486. The fourth-order valence-corrected chi connectivity index (χ4v) is 3.39. The second kappa shape index (κ2) is 7.87. The van der Waals surface area contributed by atoms with Crippen molar-refractivity contribution in [2.45, 2.75) is 84.6 Å². The van der Waals surface area contributed by atoms with Crippen molar-refractivity contribution in [2.24, 2.45) is 5.41 Å². The molecule has 0 radical (unpaired) electrons. The molecule has 118 valence electrons. The summed E-state index contributed by atoms with van der Waals surface area (Å²) >= 11 is 0. The number of nitrogens with one attached hydrogen (secondary N) is 1. The summed E-state index contributed by atoms with van der Waals surface area (Å²) in [6, 6.07) is 9.82. The molecule has 0 aromatic heterocycles. The molecule has 1 saturated carbocycles. The van der Waals surface area contributed by atoms with Gasteiger partial charge in [-0.25, -0.2) is 0 Å². The Labute approximate surface area is 131 Å². The Balaban J connectivity index is 1.82. The van der Waals surface area contributed by atoms with Gasteiger partial charge in [-0.2, -0.15) is 0 Å². The molecule has 1 fully saturated rings. The fraction of sp³-hybridized carbons (Fsp3) is 0.700. The SMILES string of the molecule is CCCCCc1ccc(NC2CCCC(C)(C)CC2)cc1. The zero-order valence-corrected chi connectivity index (χ0v) is 14.3. The molecular formula is C20H33N. The van der Waals surface area contributed by atoms with Gasteiger partial charge in [-0.05, 0) is 61.6 Å². The Kier molecular flexibility index (Phi) is 6.14. The summed E-state index contributed by atoms with van der Waals surface area (Å²) in [5, 5.41) is 3.75. The van der Waals surface area contributed by atoms with Crippen LogP contribution in [0.1, 0.15) is 77.7 Å². The number of hydrogen-bond donors (Lipinski definition) is 1. The van der Waals surface area contributed by atoms with Crippen LogP contribution in [-0.2, 0) is 6.42 Å². The van der Waals surface area contributed by atoms with Crippen LogP contribution in [0.2, 0.25) is 0 Å². The van der Waals surface area contributed by atoms with Gasteiger partial charge in [0.05, 0.1) is 0 Å². The molecule has 1 unspecified atom stereocenters. The monoisotopic (exact) mass is 287 g/mol. The first-order valence-electron chi connectivity index (χ1n) is 8.94. The highest BCUT2D eigenvalue weighted by atomic mass is 14.9. The van der Waals surface area contributed by atoms with Gasteiger partial charge in [0.25, 0.3) is 0 Å². The van der Waals surface area contributed by atoms with E-state index in [0.29, 0.717) is 11.5 Å². The van der Waals surface area contributed by atoms with Gasteiger partial charge in [0, 0.05) is 11.7 Å². The van der Waals surface area contributed by atoms with Crippen molar-refractivity contribution in [2.75, 3.05) is 5.32 Å². The molecule has 2 rings (SSSR count). The standard InChI is InChI=1S/C20H33N/c1-4-5-6-8-17-10-12-19(13-11-17)21-18-9-7-15-20(2,3)16-14-18/h10-13,18,21H,4-9,14-16H2,1-3H3. The predicted molar refractivity (Wildman–Crippen MR) is 93.9 cm³/mol. The van der Waals surface area contributed by atoms with Crippen LogP contribution < -0.4 is 5.32 Å². The molecule has 21 heavy (non-hydrogen) atoms. The molecule has 0 spiro atoms. The number of hydrogen-bond acceptors (Lipinski definition) is 1. The Morgan fingerprint density at radius 1 is 1.05 bits per heavy atom. The minimum Gasteiger partial charge on any atom is -0.382 e. The third kappa shape index (κ3) is 5.73. The Morgan fingerprint density at radius 3 is 2.52 bits per heavy atom. The Bertz CT molecular complexity index is 404. The summed E-state index contributed by atoms with van der Waals surface area (Å²) in [4.78, 5) is 0. The van der Waals surface area contributed by atoms with E-state index in [4.69, 9.17) is 0 Å². The molecule has 1 N–H and O–H groups in total. The molecular weight excluding hydrogens is 254 g/mol. The molecule has 0 heterocycles. The zero-order chi connectivity index (χ0) is 15.1. The molecule has 1 heteroatoms. The third-order valence-electron chi connectivity index (χ3n) is 4.97. The number of rotatable bonds is 6. The molecule has 0 bridgehead atoms.